The lowest BCUT2D eigenvalue weighted by Gasteiger charge is -2.38. The van der Waals surface area contributed by atoms with Gasteiger partial charge in [0.15, 0.2) is 0 Å². The van der Waals surface area contributed by atoms with Crippen LogP contribution in [0.5, 0.6) is 0 Å². The lowest BCUT2D eigenvalue weighted by atomic mass is 9.71. The van der Waals surface area contributed by atoms with Crippen LogP contribution in [0.25, 0.3) is 0 Å². The maximum atomic E-state index is 12.1. The standard InChI is InChI=1S/C18H28N2O/c1-12(2)19-17(21)13(3)20-16-10-11-18(4,5)15-9-7-6-8-14(15)16/h6-9,12-13,16,20H,10-11H2,1-5H3,(H,19,21). The fraction of sp³-hybridized carbons (Fsp3) is 0.611. The van der Waals surface area contributed by atoms with Crippen molar-refractivity contribution < 1.29 is 4.79 Å². The van der Waals surface area contributed by atoms with Gasteiger partial charge in [-0.1, -0.05) is 38.1 Å². The molecule has 2 unspecified atom stereocenters. The highest BCUT2D eigenvalue weighted by molar-refractivity contribution is 5.81. The zero-order valence-corrected chi connectivity index (χ0v) is 13.9. The number of nitrogens with one attached hydrogen (secondary N) is 2. The Morgan fingerprint density at radius 3 is 2.57 bits per heavy atom. The maximum Gasteiger partial charge on any atom is 0.237 e. The smallest absolute Gasteiger partial charge is 0.237 e. The second-order valence-electron chi connectivity index (χ2n) is 7.11. The first-order chi connectivity index (χ1) is 9.81. The Kier molecular flexibility index (Phi) is 4.72. The van der Waals surface area contributed by atoms with E-state index in [-0.39, 0.29) is 29.4 Å². The van der Waals surface area contributed by atoms with E-state index in [0.29, 0.717) is 0 Å². The van der Waals surface area contributed by atoms with Crippen LogP contribution >= 0.6 is 0 Å². The molecule has 2 atom stereocenters. The first-order valence-corrected chi connectivity index (χ1v) is 7.97. The summed E-state index contributed by atoms with van der Waals surface area (Å²) in [6.45, 7) is 10.5. The van der Waals surface area contributed by atoms with Gasteiger partial charge < -0.3 is 5.32 Å². The lowest BCUT2D eigenvalue weighted by molar-refractivity contribution is -0.123. The van der Waals surface area contributed by atoms with E-state index in [1.807, 2.05) is 20.8 Å². The van der Waals surface area contributed by atoms with Crippen molar-refractivity contribution in [1.82, 2.24) is 10.6 Å². The Bertz CT molecular complexity index is 508. The second kappa shape index (κ2) is 6.18. The highest BCUT2D eigenvalue weighted by Gasteiger charge is 2.33. The molecule has 0 saturated carbocycles. The summed E-state index contributed by atoms with van der Waals surface area (Å²) in [6, 6.07) is 8.89. The maximum absolute atomic E-state index is 12.1. The predicted octanol–water partition coefficient (Wildman–Crippen LogP) is 3.30. The fourth-order valence-corrected chi connectivity index (χ4v) is 3.17. The number of amides is 1. The van der Waals surface area contributed by atoms with E-state index in [9.17, 15) is 4.79 Å². The number of carbonyl (C=O) groups excluding carboxylic acids is 1. The first kappa shape index (κ1) is 16.0. The van der Waals surface area contributed by atoms with Crippen molar-refractivity contribution in [2.45, 2.75) is 71.0 Å². The average molecular weight is 288 g/mol. The van der Waals surface area contributed by atoms with E-state index in [1.54, 1.807) is 0 Å². The fourth-order valence-electron chi connectivity index (χ4n) is 3.17. The summed E-state index contributed by atoms with van der Waals surface area (Å²) in [7, 11) is 0. The van der Waals surface area contributed by atoms with Crippen molar-refractivity contribution in [2.24, 2.45) is 0 Å². The molecule has 0 bridgehead atoms. The van der Waals surface area contributed by atoms with E-state index in [0.717, 1.165) is 12.8 Å². The molecule has 1 aromatic carbocycles. The average Bonchev–Trinajstić information content (AvgIpc) is 2.41. The van der Waals surface area contributed by atoms with Crippen LogP contribution in [0, 0.1) is 0 Å². The molecular weight excluding hydrogens is 260 g/mol. The summed E-state index contributed by atoms with van der Waals surface area (Å²) >= 11 is 0. The van der Waals surface area contributed by atoms with Gasteiger partial charge in [0.25, 0.3) is 0 Å². The normalized spacial score (nSPS) is 21.7. The number of benzene rings is 1. The predicted molar refractivity (Wildman–Crippen MR) is 87.3 cm³/mol. The molecule has 3 nitrogen and oxygen atoms in total. The molecule has 0 spiro atoms. The summed E-state index contributed by atoms with van der Waals surface area (Å²) in [5, 5.41) is 6.48. The van der Waals surface area contributed by atoms with Crippen molar-refractivity contribution in [3.63, 3.8) is 0 Å². The summed E-state index contributed by atoms with van der Waals surface area (Å²) in [4.78, 5) is 12.1. The van der Waals surface area contributed by atoms with Crippen LogP contribution in [0.3, 0.4) is 0 Å². The Balaban J connectivity index is 2.14. The molecule has 0 aliphatic heterocycles. The Hall–Kier alpha value is -1.35. The Labute approximate surface area is 128 Å². The van der Waals surface area contributed by atoms with Crippen LogP contribution in [-0.4, -0.2) is 18.0 Å². The molecule has 116 valence electrons. The van der Waals surface area contributed by atoms with Gasteiger partial charge in [0.05, 0.1) is 6.04 Å². The van der Waals surface area contributed by atoms with Gasteiger partial charge in [-0.15, -0.1) is 0 Å². The number of carbonyl (C=O) groups is 1. The van der Waals surface area contributed by atoms with E-state index in [4.69, 9.17) is 0 Å². The summed E-state index contributed by atoms with van der Waals surface area (Å²) in [6.07, 6.45) is 2.21. The van der Waals surface area contributed by atoms with Crippen LogP contribution in [0.15, 0.2) is 24.3 Å². The highest BCUT2D eigenvalue weighted by atomic mass is 16.2. The van der Waals surface area contributed by atoms with Gasteiger partial charge >= 0.3 is 0 Å². The first-order valence-electron chi connectivity index (χ1n) is 7.97. The van der Waals surface area contributed by atoms with E-state index >= 15 is 0 Å². The zero-order valence-electron chi connectivity index (χ0n) is 13.9. The molecule has 0 saturated heterocycles. The molecule has 2 N–H and O–H groups in total. The zero-order chi connectivity index (χ0) is 15.6. The molecule has 0 aromatic heterocycles. The van der Waals surface area contributed by atoms with Gasteiger partial charge in [-0.2, -0.15) is 0 Å². The molecular formula is C18H28N2O. The topological polar surface area (TPSA) is 41.1 Å². The lowest BCUT2D eigenvalue weighted by Crippen LogP contribution is -2.47. The number of hydrogen-bond acceptors (Lipinski definition) is 2. The number of fused-ring (bicyclic) bond motifs is 1. The van der Waals surface area contributed by atoms with Gasteiger partial charge in [0.1, 0.15) is 0 Å². The highest BCUT2D eigenvalue weighted by Crippen LogP contribution is 2.41. The monoisotopic (exact) mass is 288 g/mol. The van der Waals surface area contributed by atoms with Gasteiger partial charge in [-0.3, -0.25) is 10.1 Å². The van der Waals surface area contributed by atoms with Crippen molar-refractivity contribution in [3.8, 4) is 0 Å². The molecule has 1 aliphatic carbocycles. The van der Waals surface area contributed by atoms with Crippen LogP contribution in [-0.2, 0) is 10.2 Å². The minimum absolute atomic E-state index is 0.0762. The molecule has 0 fully saturated rings. The second-order valence-corrected chi connectivity index (χ2v) is 7.11. The molecule has 1 amide bonds. The SMILES string of the molecule is CC(C)NC(=O)C(C)NC1CCC(C)(C)c2ccccc21. The molecule has 1 aromatic rings. The minimum Gasteiger partial charge on any atom is -0.353 e. The van der Waals surface area contributed by atoms with E-state index in [2.05, 4.69) is 48.7 Å². The van der Waals surface area contributed by atoms with E-state index < -0.39 is 0 Å². The van der Waals surface area contributed by atoms with Crippen LogP contribution in [0.4, 0.5) is 0 Å². The third kappa shape index (κ3) is 3.65. The van der Waals surface area contributed by atoms with Gasteiger partial charge in [-0.25, -0.2) is 0 Å². The molecule has 21 heavy (non-hydrogen) atoms. The summed E-state index contributed by atoms with van der Waals surface area (Å²) < 4.78 is 0. The minimum atomic E-state index is -0.174. The third-order valence-corrected chi connectivity index (χ3v) is 4.40. The molecule has 0 radical (unpaired) electrons. The number of hydrogen-bond donors (Lipinski definition) is 2. The van der Waals surface area contributed by atoms with Crippen molar-refractivity contribution >= 4 is 5.91 Å². The summed E-state index contributed by atoms with van der Waals surface area (Å²) in [5.41, 5.74) is 2.97. The third-order valence-electron chi connectivity index (χ3n) is 4.40. The quantitative estimate of drug-likeness (QED) is 0.892. The van der Waals surface area contributed by atoms with Crippen LogP contribution in [0.2, 0.25) is 0 Å². The molecule has 0 heterocycles. The summed E-state index contributed by atoms with van der Waals surface area (Å²) in [5.74, 6) is 0.0762. The Morgan fingerprint density at radius 2 is 1.90 bits per heavy atom. The Morgan fingerprint density at radius 1 is 1.24 bits per heavy atom. The molecule has 1 aliphatic rings. The number of rotatable bonds is 4. The molecule has 3 heteroatoms. The van der Waals surface area contributed by atoms with Crippen molar-refractivity contribution in [2.75, 3.05) is 0 Å². The van der Waals surface area contributed by atoms with E-state index in [1.165, 1.54) is 11.1 Å². The van der Waals surface area contributed by atoms with Gasteiger partial charge in [0.2, 0.25) is 5.91 Å². The van der Waals surface area contributed by atoms with Gasteiger partial charge in [-0.05, 0) is 50.2 Å². The molecule has 2 rings (SSSR count). The largest absolute Gasteiger partial charge is 0.353 e. The van der Waals surface area contributed by atoms with Crippen molar-refractivity contribution in [1.29, 1.82) is 0 Å². The van der Waals surface area contributed by atoms with Gasteiger partial charge in [0, 0.05) is 12.1 Å². The van der Waals surface area contributed by atoms with Crippen LogP contribution in [0.1, 0.15) is 64.6 Å². The van der Waals surface area contributed by atoms with Crippen molar-refractivity contribution in [3.05, 3.63) is 35.4 Å². The van der Waals surface area contributed by atoms with Crippen LogP contribution < -0.4 is 10.6 Å².